The molecule has 0 unspecified atom stereocenters. The minimum atomic E-state index is -0.524. The van der Waals surface area contributed by atoms with Gasteiger partial charge in [-0.3, -0.25) is 4.79 Å². The van der Waals surface area contributed by atoms with Gasteiger partial charge in [-0.15, -0.1) is 0 Å². The number of likely N-dealkylation sites (tertiary alicyclic amines) is 1. The summed E-state index contributed by atoms with van der Waals surface area (Å²) >= 11 is 0. The van der Waals surface area contributed by atoms with Gasteiger partial charge in [0.05, 0.1) is 12.2 Å². The number of rotatable bonds is 6. The van der Waals surface area contributed by atoms with Crippen molar-refractivity contribution in [3.63, 3.8) is 0 Å². The lowest BCUT2D eigenvalue weighted by Gasteiger charge is -2.54. The fourth-order valence-corrected chi connectivity index (χ4v) is 5.86. The van der Waals surface area contributed by atoms with E-state index in [4.69, 9.17) is 18.9 Å². The zero-order valence-corrected chi connectivity index (χ0v) is 24.0. The molecule has 0 aliphatic carbocycles. The molecule has 3 aliphatic rings. The normalized spacial score (nSPS) is 28.1. The Bertz CT molecular complexity index is 1060. The van der Waals surface area contributed by atoms with Crippen molar-refractivity contribution in [2.45, 2.75) is 90.6 Å². The first-order chi connectivity index (χ1) is 17.9. The summed E-state index contributed by atoms with van der Waals surface area (Å²) < 4.78 is 25.0. The molecule has 0 saturated carbocycles. The van der Waals surface area contributed by atoms with E-state index in [1.165, 1.54) is 5.57 Å². The molecule has 4 rings (SSSR count). The van der Waals surface area contributed by atoms with Gasteiger partial charge in [-0.25, -0.2) is 4.79 Å². The quantitative estimate of drug-likeness (QED) is 0.497. The summed E-state index contributed by atoms with van der Waals surface area (Å²) in [5, 5.41) is 2.58. The van der Waals surface area contributed by atoms with Crippen LogP contribution in [0.2, 0.25) is 0 Å². The van der Waals surface area contributed by atoms with Gasteiger partial charge in [-0.2, -0.15) is 0 Å². The molecule has 3 aliphatic heterocycles. The SMILES string of the molecule is CNC(=O)COc1ccc2c(c1)[C@H]1O[C@H]3CCN(C(=O)OC(C)(C)C)C[C@@H]3C[C@@H]1[C@@](C)(CCC=C(C)C)O2. The van der Waals surface area contributed by atoms with E-state index in [-0.39, 0.29) is 42.7 Å². The molecule has 0 spiro atoms. The number of carbonyl (C=O) groups is 2. The number of allylic oxidation sites excluding steroid dienone is 2. The highest BCUT2D eigenvalue weighted by atomic mass is 16.6. The number of nitrogens with one attached hydrogen (secondary N) is 1. The van der Waals surface area contributed by atoms with Crippen molar-refractivity contribution >= 4 is 12.0 Å². The topological polar surface area (TPSA) is 86.3 Å². The first-order valence-electron chi connectivity index (χ1n) is 13.8. The molecule has 8 nitrogen and oxygen atoms in total. The molecule has 1 aromatic carbocycles. The molecule has 1 aromatic rings. The van der Waals surface area contributed by atoms with Crippen molar-refractivity contribution in [1.82, 2.24) is 10.2 Å². The van der Waals surface area contributed by atoms with Crippen LogP contribution in [0.3, 0.4) is 0 Å². The van der Waals surface area contributed by atoms with Gasteiger partial charge < -0.3 is 29.2 Å². The highest BCUT2D eigenvalue weighted by molar-refractivity contribution is 5.77. The Morgan fingerprint density at radius 1 is 1.26 bits per heavy atom. The van der Waals surface area contributed by atoms with Crippen LogP contribution in [0.25, 0.3) is 0 Å². The number of amides is 2. The fraction of sp³-hybridized carbons (Fsp3) is 0.667. The van der Waals surface area contributed by atoms with Gasteiger partial charge in [-0.1, -0.05) is 11.6 Å². The molecule has 2 fully saturated rings. The summed E-state index contributed by atoms with van der Waals surface area (Å²) in [7, 11) is 1.59. The number of hydrogen-bond donors (Lipinski definition) is 1. The Balaban J connectivity index is 1.59. The number of hydrogen-bond acceptors (Lipinski definition) is 6. The molecule has 2 amide bonds. The maximum atomic E-state index is 12.8. The largest absolute Gasteiger partial charge is 0.487 e. The second-order valence-corrected chi connectivity index (χ2v) is 12.3. The van der Waals surface area contributed by atoms with Crippen LogP contribution >= 0.6 is 0 Å². The average molecular weight is 529 g/mol. The van der Waals surface area contributed by atoms with E-state index in [1.54, 1.807) is 7.05 Å². The van der Waals surface area contributed by atoms with Gasteiger partial charge in [0, 0.05) is 37.5 Å². The second kappa shape index (κ2) is 11.2. The third-order valence-corrected chi connectivity index (χ3v) is 7.82. The first-order valence-corrected chi connectivity index (χ1v) is 13.8. The molecule has 3 heterocycles. The maximum Gasteiger partial charge on any atom is 0.410 e. The van der Waals surface area contributed by atoms with Gasteiger partial charge >= 0.3 is 6.09 Å². The van der Waals surface area contributed by atoms with Crippen LogP contribution in [0.15, 0.2) is 29.8 Å². The van der Waals surface area contributed by atoms with Gasteiger partial charge in [0.1, 0.15) is 22.7 Å². The van der Waals surface area contributed by atoms with Gasteiger partial charge in [0.25, 0.3) is 5.91 Å². The van der Waals surface area contributed by atoms with Crippen molar-refractivity contribution in [3.8, 4) is 11.5 Å². The Kier molecular flexibility index (Phi) is 8.31. The lowest BCUT2D eigenvalue weighted by molar-refractivity contribution is -0.191. The zero-order valence-electron chi connectivity index (χ0n) is 24.0. The van der Waals surface area contributed by atoms with Crippen LogP contribution in [0.5, 0.6) is 11.5 Å². The van der Waals surface area contributed by atoms with Crippen LogP contribution in [-0.2, 0) is 14.3 Å². The van der Waals surface area contributed by atoms with Crippen molar-refractivity contribution in [2.75, 3.05) is 26.7 Å². The van der Waals surface area contributed by atoms with Crippen LogP contribution < -0.4 is 14.8 Å². The van der Waals surface area contributed by atoms with Crippen molar-refractivity contribution in [3.05, 3.63) is 35.4 Å². The molecule has 0 radical (unpaired) electrons. The van der Waals surface area contributed by atoms with E-state index in [1.807, 2.05) is 43.9 Å². The van der Waals surface area contributed by atoms with E-state index >= 15 is 0 Å². The summed E-state index contributed by atoms with van der Waals surface area (Å²) in [6, 6.07) is 5.75. The van der Waals surface area contributed by atoms with E-state index in [0.29, 0.717) is 18.8 Å². The molecule has 0 aromatic heterocycles. The number of carbonyl (C=O) groups excluding carboxylic acids is 2. The number of fused-ring (bicyclic) bond motifs is 4. The monoisotopic (exact) mass is 528 g/mol. The van der Waals surface area contributed by atoms with Crippen LogP contribution in [0, 0.1) is 11.8 Å². The molecule has 2 saturated heterocycles. The van der Waals surface area contributed by atoms with Crippen LogP contribution in [0.1, 0.15) is 78.9 Å². The Hall–Kier alpha value is -2.74. The standard InChI is InChI=1S/C30H44N2O6/c1-19(2)9-8-13-30(6)23-15-20-17-32(28(34)38-29(3,4)5)14-12-24(20)36-27(23)22-16-21(10-11-25(22)37-30)35-18-26(33)31-7/h9-11,16,20,23-24,27H,8,12-15,17-18H2,1-7H3,(H,31,33)/t20-,23-,24-,27+,30+/m0/s1. The van der Waals surface area contributed by atoms with E-state index in [0.717, 1.165) is 37.0 Å². The van der Waals surface area contributed by atoms with Crippen LogP contribution in [0.4, 0.5) is 4.79 Å². The molecule has 8 heteroatoms. The average Bonchev–Trinajstić information content (AvgIpc) is 2.85. The molecule has 0 bridgehead atoms. The van der Waals surface area contributed by atoms with Gasteiger partial charge in [0.15, 0.2) is 6.61 Å². The molecular formula is C30H44N2O6. The van der Waals surface area contributed by atoms with E-state index < -0.39 is 11.2 Å². The molecule has 38 heavy (non-hydrogen) atoms. The van der Waals surface area contributed by atoms with Crippen LogP contribution in [-0.4, -0.2) is 61.0 Å². The predicted molar refractivity (Wildman–Crippen MR) is 145 cm³/mol. The lowest BCUT2D eigenvalue weighted by atomic mass is 9.68. The fourth-order valence-electron chi connectivity index (χ4n) is 5.86. The van der Waals surface area contributed by atoms with Crippen molar-refractivity contribution in [1.29, 1.82) is 0 Å². The second-order valence-electron chi connectivity index (χ2n) is 12.3. The summed E-state index contributed by atoms with van der Waals surface area (Å²) in [6.07, 6.45) is 5.35. The summed E-state index contributed by atoms with van der Waals surface area (Å²) in [5.41, 5.74) is 1.31. The number of ether oxygens (including phenoxy) is 4. The highest BCUT2D eigenvalue weighted by Gasteiger charge is 2.53. The summed E-state index contributed by atoms with van der Waals surface area (Å²) in [5.74, 6) is 1.56. The molecular weight excluding hydrogens is 484 g/mol. The van der Waals surface area contributed by atoms with Crippen molar-refractivity contribution < 1.29 is 28.5 Å². The van der Waals surface area contributed by atoms with Gasteiger partial charge in [0.2, 0.25) is 0 Å². The summed E-state index contributed by atoms with van der Waals surface area (Å²) in [6.45, 7) is 13.3. The number of benzene rings is 1. The molecule has 210 valence electrons. The Labute approximate surface area is 227 Å². The summed E-state index contributed by atoms with van der Waals surface area (Å²) in [4.78, 5) is 26.4. The number of likely N-dealkylation sites (N-methyl/N-ethyl adjacent to an activating group) is 1. The van der Waals surface area contributed by atoms with Crippen molar-refractivity contribution in [2.24, 2.45) is 11.8 Å². The third-order valence-electron chi connectivity index (χ3n) is 7.82. The van der Waals surface area contributed by atoms with E-state index in [2.05, 4.69) is 32.2 Å². The third kappa shape index (κ3) is 6.45. The lowest BCUT2D eigenvalue weighted by Crippen LogP contribution is -2.57. The first kappa shape index (κ1) is 28.3. The van der Waals surface area contributed by atoms with Gasteiger partial charge in [-0.05, 0) is 85.4 Å². The smallest absolute Gasteiger partial charge is 0.410 e. The number of nitrogens with zero attached hydrogens (tertiary/aromatic N) is 1. The minimum Gasteiger partial charge on any atom is -0.487 e. The maximum absolute atomic E-state index is 12.8. The predicted octanol–water partition coefficient (Wildman–Crippen LogP) is 5.41. The molecule has 1 N–H and O–H groups in total. The van der Waals surface area contributed by atoms with E-state index in [9.17, 15) is 9.59 Å². The Morgan fingerprint density at radius 3 is 2.71 bits per heavy atom. The molecule has 5 atom stereocenters. The Morgan fingerprint density at radius 2 is 2.03 bits per heavy atom. The number of piperidine rings is 1. The zero-order chi connectivity index (χ0) is 27.7. The highest BCUT2D eigenvalue weighted by Crippen LogP contribution is 2.55. The minimum absolute atomic E-state index is 0.0449.